The molecule has 1 saturated carbocycles. The maximum Gasteiger partial charge on any atom is 0.451 e. The zero-order chi connectivity index (χ0) is 19.8. The van der Waals surface area contributed by atoms with Crippen LogP contribution in [0, 0.1) is 0 Å². The molecule has 1 aliphatic heterocycles. The first-order valence-electron chi connectivity index (χ1n) is 8.99. The number of amides is 1. The van der Waals surface area contributed by atoms with E-state index in [4.69, 9.17) is 9.47 Å². The van der Waals surface area contributed by atoms with Gasteiger partial charge in [-0.2, -0.15) is 13.2 Å². The van der Waals surface area contributed by atoms with Gasteiger partial charge in [0.05, 0.1) is 11.1 Å². The number of rotatable bonds is 3. The van der Waals surface area contributed by atoms with E-state index in [0.717, 1.165) is 43.6 Å². The number of carbonyl (C=O) groups is 1. The van der Waals surface area contributed by atoms with Crippen LogP contribution in [0.5, 0.6) is 11.5 Å². The number of carbonyl (C=O) groups excluding carboxylic acids is 1. The number of benzene rings is 1. The van der Waals surface area contributed by atoms with Gasteiger partial charge in [-0.1, -0.05) is 18.9 Å². The van der Waals surface area contributed by atoms with Gasteiger partial charge in [-0.05, 0) is 30.5 Å². The molecule has 2 aromatic rings. The van der Waals surface area contributed by atoms with E-state index in [0.29, 0.717) is 24.7 Å². The predicted molar refractivity (Wildman–Crippen MR) is 92.1 cm³/mol. The Morgan fingerprint density at radius 3 is 2.32 bits per heavy atom. The van der Waals surface area contributed by atoms with Crippen LogP contribution in [-0.2, 0) is 11.7 Å². The quantitative estimate of drug-likeness (QED) is 0.865. The Kier molecular flexibility index (Phi) is 4.60. The van der Waals surface area contributed by atoms with Crippen molar-refractivity contribution >= 4 is 5.91 Å². The highest BCUT2D eigenvalue weighted by Crippen LogP contribution is 2.42. The summed E-state index contributed by atoms with van der Waals surface area (Å²) < 4.78 is 49.0. The Balaban J connectivity index is 1.59. The lowest BCUT2D eigenvalue weighted by atomic mass is 9.87. The molecular formula is C19H18F3N3O3. The number of nitrogens with one attached hydrogen (secondary N) is 1. The van der Waals surface area contributed by atoms with E-state index < -0.39 is 23.4 Å². The molecule has 6 nitrogen and oxygen atoms in total. The van der Waals surface area contributed by atoms with Crippen molar-refractivity contribution in [3.8, 4) is 11.5 Å². The number of halogens is 3. The highest BCUT2D eigenvalue weighted by atomic mass is 19.4. The highest BCUT2D eigenvalue weighted by Gasteiger charge is 2.39. The molecule has 4 rings (SSSR count). The SMILES string of the molecule is O=C(NC1(c2ccc3c(c2)OCCO3)CCCC1)c1cnc(C(F)(F)F)nc1. The number of alkyl halides is 3. The van der Waals surface area contributed by atoms with Gasteiger partial charge in [-0.3, -0.25) is 4.79 Å². The summed E-state index contributed by atoms with van der Waals surface area (Å²) in [6, 6.07) is 5.57. The molecule has 1 fully saturated rings. The average Bonchev–Trinajstić information content (AvgIpc) is 3.16. The fourth-order valence-electron chi connectivity index (χ4n) is 3.69. The predicted octanol–water partition coefficient (Wildman–Crippen LogP) is 3.47. The molecule has 0 radical (unpaired) electrons. The maximum atomic E-state index is 12.7. The monoisotopic (exact) mass is 393 g/mol. The van der Waals surface area contributed by atoms with Crippen LogP contribution in [0.3, 0.4) is 0 Å². The number of nitrogens with zero attached hydrogens (tertiary/aromatic N) is 2. The van der Waals surface area contributed by atoms with Gasteiger partial charge in [-0.15, -0.1) is 0 Å². The molecule has 148 valence electrons. The van der Waals surface area contributed by atoms with Crippen molar-refractivity contribution in [2.24, 2.45) is 0 Å². The first-order valence-corrected chi connectivity index (χ1v) is 8.99. The first-order chi connectivity index (χ1) is 13.4. The van der Waals surface area contributed by atoms with E-state index in [9.17, 15) is 18.0 Å². The number of hydrogen-bond donors (Lipinski definition) is 1. The van der Waals surface area contributed by atoms with Crippen molar-refractivity contribution in [1.82, 2.24) is 15.3 Å². The standard InChI is InChI=1S/C19H18F3N3O3/c20-19(21,22)17-23-10-12(11-24-17)16(26)25-18(5-1-2-6-18)13-3-4-14-15(9-13)28-8-7-27-14/h3-4,9-11H,1-2,5-8H2,(H,25,26). The second kappa shape index (κ2) is 6.96. The van der Waals surface area contributed by atoms with Crippen LogP contribution in [0.15, 0.2) is 30.6 Å². The molecule has 1 N–H and O–H groups in total. The van der Waals surface area contributed by atoms with Crippen LogP contribution in [0.25, 0.3) is 0 Å². The Bertz CT molecular complexity index is 878. The molecule has 1 amide bonds. The average molecular weight is 393 g/mol. The molecule has 9 heteroatoms. The fraction of sp³-hybridized carbons (Fsp3) is 0.421. The zero-order valence-corrected chi connectivity index (χ0v) is 14.9. The Hall–Kier alpha value is -2.84. The van der Waals surface area contributed by atoms with Crippen LogP contribution < -0.4 is 14.8 Å². The summed E-state index contributed by atoms with van der Waals surface area (Å²) in [7, 11) is 0. The molecular weight excluding hydrogens is 375 g/mol. The normalized spacial score (nSPS) is 18.0. The summed E-state index contributed by atoms with van der Waals surface area (Å²) >= 11 is 0. The van der Waals surface area contributed by atoms with Gasteiger partial charge in [0.15, 0.2) is 11.5 Å². The van der Waals surface area contributed by atoms with Gasteiger partial charge in [0.1, 0.15) is 13.2 Å². The van der Waals surface area contributed by atoms with Gasteiger partial charge < -0.3 is 14.8 Å². The third kappa shape index (κ3) is 3.48. The minimum Gasteiger partial charge on any atom is -0.486 e. The number of hydrogen-bond acceptors (Lipinski definition) is 5. The maximum absolute atomic E-state index is 12.7. The molecule has 0 atom stereocenters. The molecule has 0 saturated heterocycles. The van der Waals surface area contributed by atoms with Crippen molar-refractivity contribution in [3.63, 3.8) is 0 Å². The van der Waals surface area contributed by atoms with Gasteiger partial charge in [0.25, 0.3) is 5.91 Å². The van der Waals surface area contributed by atoms with E-state index in [1.54, 1.807) is 0 Å². The second-order valence-electron chi connectivity index (χ2n) is 6.89. The highest BCUT2D eigenvalue weighted by molar-refractivity contribution is 5.94. The molecule has 0 bridgehead atoms. The third-order valence-electron chi connectivity index (χ3n) is 5.07. The van der Waals surface area contributed by atoms with Crippen LogP contribution in [0.4, 0.5) is 13.2 Å². The van der Waals surface area contributed by atoms with Crippen molar-refractivity contribution < 1.29 is 27.4 Å². The molecule has 2 heterocycles. The van der Waals surface area contributed by atoms with E-state index in [2.05, 4.69) is 15.3 Å². The lowest BCUT2D eigenvalue weighted by Crippen LogP contribution is -2.44. The minimum absolute atomic E-state index is 0.0168. The summed E-state index contributed by atoms with van der Waals surface area (Å²) in [5.41, 5.74) is 0.252. The Morgan fingerprint density at radius 2 is 1.68 bits per heavy atom. The summed E-state index contributed by atoms with van der Waals surface area (Å²) in [4.78, 5) is 19.2. The van der Waals surface area contributed by atoms with Gasteiger partial charge in [0, 0.05) is 12.4 Å². The molecule has 1 aromatic heterocycles. The van der Waals surface area contributed by atoms with E-state index in [1.165, 1.54) is 0 Å². The molecule has 2 aliphatic rings. The molecule has 1 aliphatic carbocycles. The first kappa shape index (κ1) is 18.5. The zero-order valence-electron chi connectivity index (χ0n) is 14.9. The molecule has 0 spiro atoms. The van der Waals surface area contributed by atoms with Crippen LogP contribution >= 0.6 is 0 Å². The van der Waals surface area contributed by atoms with E-state index in [1.807, 2.05) is 18.2 Å². The summed E-state index contributed by atoms with van der Waals surface area (Å²) in [6.45, 7) is 0.945. The van der Waals surface area contributed by atoms with E-state index in [-0.39, 0.29) is 5.56 Å². The van der Waals surface area contributed by atoms with Crippen molar-refractivity contribution in [1.29, 1.82) is 0 Å². The summed E-state index contributed by atoms with van der Waals surface area (Å²) in [6.07, 6.45) is 0.457. The van der Waals surface area contributed by atoms with Gasteiger partial charge in [-0.25, -0.2) is 9.97 Å². The van der Waals surface area contributed by atoms with Gasteiger partial charge in [0.2, 0.25) is 5.82 Å². The smallest absolute Gasteiger partial charge is 0.451 e. The lowest BCUT2D eigenvalue weighted by molar-refractivity contribution is -0.145. The lowest BCUT2D eigenvalue weighted by Gasteiger charge is -2.32. The molecule has 1 aromatic carbocycles. The van der Waals surface area contributed by atoms with Gasteiger partial charge >= 0.3 is 6.18 Å². The second-order valence-corrected chi connectivity index (χ2v) is 6.89. The fourth-order valence-corrected chi connectivity index (χ4v) is 3.69. The van der Waals surface area contributed by atoms with Crippen LogP contribution in [0.1, 0.15) is 47.4 Å². The Morgan fingerprint density at radius 1 is 1.04 bits per heavy atom. The van der Waals surface area contributed by atoms with E-state index >= 15 is 0 Å². The Labute approximate surface area is 159 Å². The number of ether oxygens (including phenoxy) is 2. The topological polar surface area (TPSA) is 73.3 Å². The number of aromatic nitrogens is 2. The van der Waals surface area contributed by atoms with Crippen molar-refractivity contribution in [2.75, 3.05) is 13.2 Å². The van der Waals surface area contributed by atoms with Crippen LogP contribution in [0.2, 0.25) is 0 Å². The summed E-state index contributed by atoms with van der Waals surface area (Å²) in [5, 5.41) is 2.99. The summed E-state index contributed by atoms with van der Waals surface area (Å²) in [5.74, 6) is -0.496. The van der Waals surface area contributed by atoms with Crippen molar-refractivity contribution in [3.05, 3.63) is 47.5 Å². The largest absolute Gasteiger partial charge is 0.486 e. The minimum atomic E-state index is -4.65. The van der Waals surface area contributed by atoms with Crippen molar-refractivity contribution in [2.45, 2.75) is 37.4 Å². The molecule has 28 heavy (non-hydrogen) atoms. The third-order valence-corrected chi connectivity index (χ3v) is 5.07. The molecule has 0 unspecified atom stereocenters. The van der Waals surface area contributed by atoms with Crippen LogP contribution in [-0.4, -0.2) is 29.1 Å². The number of fused-ring (bicyclic) bond motifs is 1.